The highest BCUT2D eigenvalue weighted by Crippen LogP contribution is 2.24. The first-order chi connectivity index (χ1) is 10.7. The van der Waals surface area contributed by atoms with Gasteiger partial charge in [-0.15, -0.1) is 0 Å². The molecule has 23 heavy (non-hydrogen) atoms. The van der Waals surface area contributed by atoms with E-state index in [2.05, 4.69) is 5.32 Å². The van der Waals surface area contributed by atoms with Crippen LogP contribution in [0.2, 0.25) is 5.02 Å². The van der Waals surface area contributed by atoms with Crippen LogP contribution in [0, 0.1) is 6.92 Å². The van der Waals surface area contributed by atoms with Gasteiger partial charge in [-0.05, 0) is 44.9 Å². The van der Waals surface area contributed by atoms with Crippen LogP contribution in [-0.4, -0.2) is 49.4 Å². The van der Waals surface area contributed by atoms with Gasteiger partial charge in [-0.25, -0.2) is 8.42 Å². The highest BCUT2D eigenvalue weighted by molar-refractivity contribution is 7.91. The molecular weight excluding hydrogens is 336 g/mol. The van der Waals surface area contributed by atoms with E-state index in [9.17, 15) is 13.2 Å². The van der Waals surface area contributed by atoms with Crippen LogP contribution in [0.4, 0.5) is 5.69 Å². The molecule has 1 amide bonds. The number of sulfone groups is 1. The summed E-state index contributed by atoms with van der Waals surface area (Å²) in [5, 5.41) is 3.83. The summed E-state index contributed by atoms with van der Waals surface area (Å²) in [6.07, 6.45) is 0.519. The van der Waals surface area contributed by atoms with Gasteiger partial charge in [-0.1, -0.05) is 17.7 Å². The number of halogens is 1. The number of amides is 1. The number of rotatable bonds is 5. The van der Waals surface area contributed by atoms with Crippen molar-refractivity contribution < 1.29 is 13.2 Å². The van der Waals surface area contributed by atoms with Crippen LogP contribution in [0.25, 0.3) is 0 Å². The predicted octanol–water partition coefficient (Wildman–Crippen LogP) is 2.48. The molecule has 7 heteroatoms. The van der Waals surface area contributed by atoms with Crippen molar-refractivity contribution in [3.8, 4) is 0 Å². The second kappa shape index (κ2) is 7.09. The van der Waals surface area contributed by atoms with E-state index in [0.717, 1.165) is 11.3 Å². The summed E-state index contributed by atoms with van der Waals surface area (Å²) in [7, 11) is -3.01. The minimum absolute atomic E-state index is 0.0650. The number of likely N-dealkylation sites (N-methyl/N-ethyl adjacent to an activating group) is 1. The fourth-order valence-electron chi connectivity index (χ4n) is 2.92. The third kappa shape index (κ3) is 4.18. The van der Waals surface area contributed by atoms with Crippen LogP contribution in [0.5, 0.6) is 0 Å². The molecule has 1 saturated heterocycles. The Labute approximate surface area is 142 Å². The standard InChI is InChI=1S/C16H23ClN2O3S/c1-4-19(13-8-9-23(21,22)10-13)16(20)12(3)18-15-7-5-6-14(17)11(15)2/h5-7,12-13,18H,4,8-10H2,1-3H3/t12-,13-/m0/s1. The minimum atomic E-state index is -3.01. The summed E-state index contributed by atoms with van der Waals surface area (Å²) in [5.74, 6) is 0.139. The maximum absolute atomic E-state index is 12.7. The molecule has 0 unspecified atom stereocenters. The van der Waals surface area contributed by atoms with Gasteiger partial charge in [0.25, 0.3) is 0 Å². The van der Waals surface area contributed by atoms with E-state index in [1.54, 1.807) is 17.9 Å². The highest BCUT2D eigenvalue weighted by atomic mass is 35.5. The summed E-state index contributed by atoms with van der Waals surface area (Å²) in [4.78, 5) is 14.4. The van der Waals surface area contributed by atoms with Gasteiger partial charge >= 0.3 is 0 Å². The van der Waals surface area contributed by atoms with Crippen LogP contribution in [0.3, 0.4) is 0 Å². The molecular formula is C16H23ClN2O3S. The Morgan fingerprint density at radius 2 is 2.17 bits per heavy atom. The second-order valence-electron chi connectivity index (χ2n) is 5.96. The lowest BCUT2D eigenvalue weighted by Gasteiger charge is -2.30. The Kier molecular flexibility index (Phi) is 5.57. The van der Waals surface area contributed by atoms with Crippen molar-refractivity contribution in [2.24, 2.45) is 0 Å². The molecule has 0 saturated carbocycles. The summed E-state index contributed by atoms with van der Waals surface area (Å²) in [6, 6.07) is 4.84. The first-order valence-corrected chi connectivity index (χ1v) is 9.97. The molecule has 1 aliphatic heterocycles. The molecule has 1 fully saturated rings. The number of carbonyl (C=O) groups excluding carboxylic acids is 1. The summed E-state index contributed by atoms with van der Waals surface area (Å²) < 4.78 is 23.3. The molecule has 0 aliphatic carbocycles. The number of nitrogens with zero attached hydrogens (tertiary/aromatic N) is 1. The molecule has 2 rings (SSSR count). The van der Waals surface area contributed by atoms with Crippen molar-refractivity contribution in [2.75, 3.05) is 23.4 Å². The van der Waals surface area contributed by atoms with Gasteiger partial charge in [0.2, 0.25) is 5.91 Å². The maximum Gasteiger partial charge on any atom is 0.245 e. The topological polar surface area (TPSA) is 66.5 Å². The van der Waals surface area contributed by atoms with Gasteiger partial charge in [0, 0.05) is 23.3 Å². The van der Waals surface area contributed by atoms with Gasteiger partial charge in [-0.3, -0.25) is 4.79 Å². The van der Waals surface area contributed by atoms with E-state index >= 15 is 0 Å². The highest BCUT2D eigenvalue weighted by Gasteiger charge is 2.35. The lowest BCUT2D eigenvalue weighted by Crippen LogP contribution is -2.47. The predicted molar refractivity (Wildman–Crippen MR) is 93.7 cm³/mol. The van der Waals surface area contributed by atoms with Crippen LogP contribution >= 0.6 is 11.6 Å². The van der Waals surface area contributed by atoms with Crippen molar-refractivity contribution in [2.45, 2.75) is 39.3 Å². The Hall–Kier alpha value is -1.27. The normalized spacial score (nSPS) is 21.0. The third-order valence-electron chi connectivity index (χ3n) is 4.28. The van der Waals surface area contributed by atoms with Crippen molar-refractivity contribution in [1.29, 1.82) is 0 Å². The van der Waals surface area contributed by atoms with E-state index in [0.29, 0.717) is 18.0 Å². The molecule has 1 aromatic rings. The third-order valence-corrected chi connectivity index (χ3v) is 6.44. The molecule has 0 spiro atoms. The van der Waals surface area contributed by atoms with Gasteiger partial charge < -0.3 is 10.2 Å². The van der Waals surface area contributed by atoms with Crippen molar-refractivity contribution in [1.82, 2.24) is 4.90 Å². The van der Waals surface area contributed by atoms with Gasteiger partial charge in [0.1, 0.15) is 6.04 Å². The van der Waals surface area contributed by atoms with Crippen LogP contribution in [0.15, 0.2) is 18.2 Å². The largest absolute Gasteiger partial charge is 0.374 e. The summed E-state index contributed by atoms with van der Waals surface area (Å²) in [6.45, 7) is 6.05. The molecule has 1 heterocycles. The number of nitrogens with one attached hydrogen (secondary N) is 1. The SMILES string of the molecule is CCN(C(=O)[C@H](C)Nc1cccc(Cl)c1C)[C@H]1CCS(=O)(=O)C1. The fraction of sp³-hybridized carbons (Fsp3) is 0.562. The molecule has 2 atom stereocenters. The Balaban J connectivity index is 2.10. The molecule has 0 aromatic heterocycles. The Morgan fingerprint density at radius 3 is 2.74 bits per heavy atom. The van der Waals surface area contributed by atoms with Crippen molar-refractivity contribution in [3.05, 3.63) is 28.8 Å². The first-order valence-electron chi connectivity index (χ1n) is 7.77. The number of carbonyl (C=O) groups is 1. The minimum Gasteiger partial charge on any atom is -0.374 e. The molecule has 1 aliphatic rings. The zero-order valence-electron chi connectivity index (χ0n) is 13.7. The smallest absolute Gasteiger partial charge is 0.245 e. The van der Waals surface area contributed by atoms with E-state index in [1.165, 1.54) is 0 Å². The molecule has 1 N–H and O–H groups in total. The first kappa shape index (κ1) is 18.1. The summed E-state index contributed by atoms with van der Waals surface area (Å²) in [5.41, 5.74) is 1.70. The molecule has 0 radical (unpaired) electrons. The van der Waals surface area contributed by atoms with Gasteiger partial charge in [0.05, 0.1) is 11.5 Å². The van der Waals surface area contributed by atoms with E-state index in [-0.39, 0.29) is 23.5 Å². The average Bonchev–Trinajstić information content (AvgIpc) is 2.84. The maximum atomic E-state index is 12.7. The number of benzene rings is 1. The van der Waals surface area contributed by atoms with E-state index in [1.807, 2.05) is 26.0 Å². The zero-order chi connectivity index (χ0) is 17.2. The molecule has 1 aromatic carbocycles. The van der Waals surface area contributed by atoms with E-state index < -0.39 is 15.9 Å². The van der Waals surface area contributed by atoms with Crippen LogP contribution in [0.1, 0.15) is 25.8 Å². The molecule has 128 valence electrons. The monoisotopic (exact) mass is 358 g/mol. The number of hydrogen-bond acceptors (Lipinski definition) is 4. The number of hydrogen-bond donors (Lipinski definition) is 1. The average molecular weight is 359 g/mol. The fourth-order valence-corrected chi connectivity index (χ4v) is 4.83. The van der Waals surface area contributed by atoms with Gasteiger partial charge in [-0.2, -0.15) is 0 Å². The van der Waals surface area contributed by atoms with Gasteiger partial charge in [0.15, 0.2) is 9.84 Å². The zero-order valence-corrected chi connectivity index (χ0v) is 15.2. The van der Waals surface area contributed by atoms with Crippen molar-refractivity contribution in [3.63, 3.8) is 0 Å². The lowest BCUT2D eigenvalue weighted by atomic mass is 10.1. The number of anilines is 1. The lowest BCUT2D eigenvalue weighted by molar-refractivity contribution is -0.133. The quantitative estimate of drug-likeness (QED) is 0.878. The van der Waals surface area contributed by atoms with Crippen molar-refractivity contribution >= 4 is 33.0 Å². The molecule has 0 bridgehead atoms. The van der Waals surface area contributed by atoms with Crippen LogP contribution in [-0.2, 0) is 14.6 Å². The molecule has 5 nitrogen and oxygen atoms in total. The van der Waals surface area contributed by atoms with Crippen LogP contribution < -0.4 is 5.32 Å². The summed E-state index contributed by atoms with van der Waals surface area (Å²) >= 11 is 6.10. The van der Waals surface area contributed by atoms with E-state index in [4.69, 9.17) is 11.6 Å². The Bertz CT molecular complexity index is 691. The second-order valence-corrected chi connectivity index (χ2v) is 8.60. The Morgan fingerprint density at radius 1 is 1.48 bits per heavy atom.